The second-order valence-electron chi connectivity index (χ2n) is 4.84. The summed E-state index contributed by atoms with van der Waals surface area (Å²) in [4.78, 5) is 0. The van der Waals surface area contributed by atoms with Gasteiger partial charge in [0.1, 0.15) is 11.8 Å². The van der Waals surface area contributed by atoms with Crippen LogP contribution in [0.15, 0.2) is 24.3 Å². The number of hydrogen-bond acceptors (Lipinski definition) is 4. The molecule has 4 nitrogen and oxygen atoms in total. The second kappa shape index (κ2) is 7.13. The Morgan fingerprint density at radius 1 is 1.47 bits per heavy atom. The van der Waals surface area contributed by atoms with Crippen molar-refractivity contribution in [1.29, 1.82) is 5.26 Å². The number of nitrogens with one attached hydrogen (secondary N) is 1. The largest absolute Gasteiger partial charge is 0.478 e. The van der Waals surface area contributed by atoms with E-state index in [1.165, 1.54) is 0 Å². The van der Waals surface area contributed by atoms with Gasteiger partial charge in [-0.05, 0) is 25.8 Å². The van der Waals surface area contributed by atoms with Crippen molar-refractivity contribution in [2.24, 2.45) is 0 Å². The van der Waals surface area contributed by atoms with Crippen LogP contribution in [-0.2, 0) is 11.3 Å². The van der Waals surface area contributed by atoms with Gasteiger partial charge in [0, 0.05) is 24.8 Å². The Kier molecular flexibility index (Phi) is 5.20. The number of benzene rings is 1. The van der Waals surface area contributed by atoms with Crippen molar-refractivity contribution in [3.8, 4) is 11.8 Å². The molecule has 4 heteroatoms. The van der Waals surface area contributed by atoms with Crippen LogP contribution in [-0.4, -0.2) is 25.4 Å². The highest BCUT2D eigenvalue weighted by Crippen LogP contribution is 2.19. The van der Waals surface area contributed by atoms with Gasteiger partial charge in [0.05, 0.1) is 6.10 Å². The molecule has 1 saturated heterocycles. The van der Waals surface area contributed by atoms with E-state index in [0.717, 1.165) is 37.3 Å². The maximum atomic E-state index is 8.58. The quantitative estimate of drug-likeness (QED) is 0.882. The van der Waals surface area contributed by atoms with E-state index in [0.29, 0.717) is 12.1 Å². The number of ether oxygens (including phenoxy) is 2. The molecule has 1 heterocycles. The molecule has 1 aromatic rings. The normalized spacial score (nSPS) is 22.7. The van der Waals surface area contributed by atoms with Crippen LogP contribution in [0.1, 0.15) is 25.3 Å². The fourth-order valence-corrected chi connectivity index (χ4v) is 2.34. The lowest BCUT2D eigenvalue weighted by Gasteiger charge is -2.28. The van der Waals surface area contributed by atoms with E-state index in [-0.39, 0.29) is 6.61 Å². The van der Waals surface area contributed by atoms with Gasteiger partial charge in [-0.25, -0.2) is 0 Å². The third kappa shape index (κ3) is 4.23. The molecule has 0 radical (unpaired) electrons. The first-order chi connectivity index (χ1) is 9.29. The number of para-hydroxylation sites is 1. The predicted molar refractivity (Wildman–Crippen MR) is 72.8 cm³/mol. The van der Waals surface area contributed by atoms with Crippen molar-refractivity contribution in [3.63, 3.8) is 0 Å². The number of rotatable bonds is 5. The molecule has 1 N–H and O–H groups in total. The standard InChI is InChI=1S/C15H20N2O2/c1-12-10-14(6-8-18-12)17-11-13-4-2-3-5-15(13)19-9-7-16/h2-5,12,14,17H,6,8-11H2,1H3. The zero-order valence-electron chi connectivity index (χ0n) is 11.3. The van der Waals surface area contributed by atoms with Crippen LogP contribution >= 0.6 is 0 Å². The molecule has 1 aromatic carbocycles. The van der Waals surface area contributed by atoms with Gasteiger partial charge in [-0.3, -0.25) is 0 Å². The lowest BCUT2D eigenvalue weighted by atomic mass is 10.0. The van der Waals surface area contributed by atoms with Gasteiger partial charge in [0.15, 0.2) is 6.61 Å². The molecule has 0 spiro atoms. The topological polar surface area (TPSA) is 54.3 Å². The van der Waals surface area contributed by atoms with Crippen molar-refractivity contribution >= 4 is 0 Å². The Labute approximate surface area is 114 Å². The van der Waals surface area contributed by atoms with Gasteiger partial charge in [-0.2, -0.15) is 5.26 Å². The first kappa shape index (κ1) is 13.9. The van der Waals surface area contributed by atoms with E-state index in [1.807, 2.05) is 30.3 Å². The van der Waals surface area contributed by atoms with E-state index in [1.54, 1.807) is 0 Å². The van der Waals surface area contributed by atoms with Crippen molar-refractivity contribution in [1.82, 2.24) is 5.32 Å². The summed E-state index contributed by atoms with van der Waals surface area (Å²) in [5.74, 6) is 0.789. The fourth-order valence-electron chi connectivity index (χ4n) is 2.34. The number of nitrogens with zero attached hydrogens (tertiary/aromatic N) is 1. The minimum atomic E-state index is 0.0886. The van der Waals surface area contributed by atoms with Gasteiger partial charge in [-0.1, -0.05) is 18.2 Å². The minimum absolute atomic E-state index is 0.0886. The van der Waals surface area contributed by atoms with Crippen LogP contribution in [0.2, 0.25) is 0 Å². The van der Waals surface area contributed by atoms with Crippen molar-refractivity contribution < 1.29 is 9.47 Å². The van der Waals surface area contributed by atoms with E-state index in [2.05, 4.69) is 12.2 Å². The Balaban J connectivity index is 1.89. The summed E-state index contributed by atoms with van der Waals surface area (Å²) >= 11 is 0. The van der Waals surface area contributed by atoms with E-state index in [9.17, 15) is 0 Å². The number of hydrogen-bond donors (Lipinski definition) is 1. The number of nitriles is 1. The van der Waals surface area contributed by atoms with Crippen molar-refractivity contribution in [3.05, 3.63) is 29.8 Å². The molecule has 19 heavy (non-hydrogen) atoms. The highest BCUT2D eigenvalue weighted by Gasteiger charge is 2.18. The van der Waals surface area contributed by atoms with Gasteiger partial charge in [0.2, 0.25) is 0 Å². The Hall–Kier alpha value is -1.57. The monoisotopic (exact) mass is 260 g/mol. The van der Waals surface area contributed by atoms with Crippen LogP contribution in [0, 0.1) is 11.3 Å². The molecule has 1 aliphatic rings. The van der Waals surface area contributed by atoms with Crippen LogP contribution in [0.5, 0.6) is 5.75 Å². The van der Waals surface area contributed by atoms with Gasteiger partial charge in [0.25, 0.3) is 0 Å². The molecule has 0 bridgehead atoms. The van der Waals surface area contributed by atoms with Crippen LogP contribution in [0.4, 0.5) is 0 Å². The van der Waals surface area contributed by atoms with E-state index in [4.69, 9.17) is 14.7 Å². The lowest BCUT2D eigenvalue weighted by Crippen LogP contribution is -2.37. The second-order valence-corrected chi connectivity index (χ2v) is 4.84. The molecule has 2 rings (SSSR count). The SMILES string of the molecule is CC1CC(NCc2ccccc2OCC#N)CCO1. The van der Waals surface area contributed by atoms with Crippen LogP contribution < -0.4 is 10.1 Å². The molecule has 2 atom stereocenters. The van der Waals surface area contributed by atoms with E-state index < -0.39 is 0 Å². The minimum Gasteiger partial charge on any atom is -0.478 e. The zero-order chi connectivity index (χ0) is 13.5. The molecule has 0 saturated carbocycles. The van der Waals surface area contributed by atoms with Gasteiger partial charge in [-0.15, -0.1) is 0 Å². The molecule has 1 aliphatic heterocycles. The highest BCUT2D eigenvalue weighted by molar-refractivity contribution is 5.33. The summed E-state index contributed by atoms with van der Waals surface area (Å²) < 4.78 is 11.0. The maximum absolute atomic E-state index is 8.58. The molecule has 0 amide bonds. The molecule has 2 unspecified atom stereocenters. The molecule has 0 aliphatic carbocycles. The molecular weight excluding hydrogens is 240 g/mol. The third-order valence-corrected chi connectivity index (χ3v) is 3.33. The molecule has 102 valence electrons. The first-order valence-electron chi connectivity index (χ1n) is 6.72. The first-order valence-corrected chi connectivity index (χ1v) is 6.72. The smallest absolute Gasteiger partial charge is 0.174 e. The fraction of sp³-hybridized carbons (Fsp3) is 0.533. The average molecular weight is 260 g/mol. The maximum Gasteiger partial charge on any atom is 0.174 e. The average Bonchev–Trinajstić information content (AvgIpc) is 2.44. The summed E-state index contributed by atoms with van der Waals surface area (Å²) in [6.45, 7) is 3.79. The molecule has 0 aromatic heterocycles. The molecule has 1 fully saturated rings. The Morgan fingerprint density at radius 2 is 2.32 bits per heavy atom. The van der Waals surface area contributed by atoms with E-state index >= 15 is 0 Å². The van der Waals surface area contributed by atoms with Crippen LogP contribution in [0.3, 0.4) is 0 Å². The van der Waals surface area contributed by atoms with Crippen LogP contribution in [0.25, 0.3) is 0 Å². The van der Waals surface area contributed by atoms with Gasteiger partial charge >= 0.3 is 0 Å². The Bertz CT molecular complexity index is 442. The summed E-state index contributed by atoms with van der Waals surface area (Å²) in [5, 5.41) is 12.1. The summed E-state index contributed by atoms with van der Waals surface area (Å²) in [5.41, 5.74) is 1.09. The third-order valence-electron chi connectivity index (χ3n) is 3.33. The summed E-state index contributed by atoms with van der Waals surface area (Å²) in [6.07, 6.45) is 2.42. The zero-order valence-corrected chi connectivity index (χ0v) is 11.3. The summed E-state index contributed by atoms with van der Waals surface area (Å²) in [6, 6.07) is 10.3. The van der Waals surface area contributed by atoms with Crippen molar-refractivity contribution in [2.75, 3.05) is 13.2 Å². The summed E-state index contributed by atoms with van der Waals surface area (Å²) in [7, 11) is 0. The molecular formula is C15H20N2O2. The van der Waals surface area contributed by atoms with Crippen molar-refractivity contribution in [2.45, 2.75) is 38.5 Å². The Morgan fingerprint density at radius 3 is 3.11 bits per heavy atom. The highest BCUT2D eigenvalue weighted by atomic mass is 16.5. The predicted octanol–water partition coefficient (Wildman–Crippen LogP) is 2.25. The lowest BCUT2D eigenvalue weighted by molar-refractivity contribution is 0.0130. The van der Waals surface area contributed by atoms with Gasteiger partial charge < -0.3 is 14.8 Å².